The first-order valence-corrected chi connectivity index (χ1v) is 4.83. The van der Waals surface area contributed by atoms with Gasteiger partial charge in [0.2, 0.25) is 0 Å². The van der Waals surface area contributed by atoms with E-state index in [1.54, 1.807) is 12.4 Å². The normalized spacial score (nSPS) is 9.92. The molecule has 0 aliphatic rings. The van der Waals surface area contributed by atoms with Gasteiger partial charge in [-0.2, -0.15) is 0 Å². The van der Waals surface area contributed by atoms with Crippen LogP contribution in [-0.2, 0) is 0 Å². The van der Waals surface area contributed by atoms with E-state index >= 15 is 0 Å². The molecule has 0 radical (unpaired) electrons. The summed E-state index contributed by atoms with van der Waals surface area (Å²) < 4.78 is 1.10. The summed E-state index contributed by atoms with van der Waals surface area (Å²) in [5.41, 5.74) is 1.77. The monoisotopic (exact) mass is 283 g/mol. The Balaban J connectivity index is 2.54. The second-order valence-corrected chi connectivity index (χ2v) is 3.59. The van der Waals surface area contributed by atoms with Crippen molar-refractivity contribution >= 4 is 22.6 Å². The third kappa shape index (κ3) is 1.82. The predicted molar refractivity (Wildman–Crippen MR) is 58.0 cm³/mol. The SMILES string of the molecule is Ic1cccnc1-c1ccncn1. The van der Waals surface area contributed by atoms with Crippen molar-refractivity contribution in [3.05, 3.63) is 40.5 Å². The van der Waals surface area contributed by atoms with Gasteiger partial charge < -0.3 is 0 Å². The molecule has 0 atom stereocenters. The molecule has 0 unspecified atom stereocenters. The average Bonchev–Trinajstić information content (AvgIpc) is 2.20. The lowest BCUT2D eigenvalue weighted by Gasteiger charge is -2.00. The van der Waals surface area contributed by atoms with Gasteiger partial charge in [-0.1, -0.05) is 0 Å². The van der Waals surface area contributed by atoms with Crippen LogP contribution >= 0.6 is 22.6 Å². The molecule has 0 fully saturated rings. The van der Waals surface area contributed by atoms with Gasteiger partial charge in [0.25, 0.3) is 0 Å². The molecule has 2 aromatic heterocycles. The minimum absolute atomic E-state index is 0.861. The molecule has 2 rings (SSSR count). The largest absolute Gasteiger partial charge is 0.253 e. The lowest BCUT2D eigenvalue weighted by Crippen LogP contribution is -1.89. The summed E-state index contributed by atoms with van der Waals surface area (Å²) in [5, 5.41) is 0. The first-order chi connectivity index (χ1) is 6.38. The molecule has 0 aliphatic heterocycles. The molecular weight excluding hydrogens is 277 g/mol. The average molecular weight is 283 g/mol. The Bertz CT molecular complexity index is 403. The summed E-state index contributed by atoms with van der Waals surface area (Å²) in [6.07, 6.45) is 5.01. The van der Waals surface area contributed by atoms with Crippen LogP contribution in [0.25, 0.3) is 11.4 Å². The minimum atomic E-state index is 0.861. The second-order valence-electron chi connectivity index (χ2n) is 2.43. The Kier molecular flexibility index (Phi) is 2.49. The van der Waals surface area contributed by atoms with Gasteiger partial charge in [0.1, 0.15) is 12.0 Å². The van der Waals surface area contributed by atoms with Crippen LogP contribution in [0.2, 0.25) is 0 Å². The molecule has 0 bridgehead atoms. The number of nitrogens with zero attached hydrogens (tertiary/aromatic N) is 3. The summed E-state index contributed by atoms with van der Waals surface area (Å²) in [7, 11) is 0. The molecule has 0 saturated heterocycles. The van der Waals surface area contributed by atoms with Crippen molar-refractivity contribution < 1.29 is 0 Å². The number of pyridine rings is 1. The van der Waals surface area contributed by atoms with Crippen LogP contribution in [-0.4, -0.2) is 15.0 Å². The van der Waals surface area contributed by atoms with Gasteiger partial charge in [0.05, 0.1) is 5.69 Å². The summed E-state index contributed by atoms with van der Waals surface area (Å²) in [6.45, 7) is 0. The van der Waals surface area contributed by atoms with E-state index in [-0.39, 0.29) is 0 Å². The molecule has 64 valence electrons. The van der Waals surface area contributed by atoms with Crippen LogP contribution < -0.4 is 0 Å². The Hall–Kier alpha value is -1.04. The zero-order valence-corrected chi connectivity index (χ0v) is 8.84. The smallest absolute Gasteiger partial charge is 0.116 e. The fourth-order valence-corrected chi connectivity index (χ4v) is 1.63. The molecule has 0 spiro atoms. The summed E-state index contributed by atoms with van der Waals surface area (Å²) in [4.78, 5) is 12.2. The number of aromatic nitrogens is 3. The van der Waals surface area contributed by atoms with Crippen molar-refractivity contribution in [2.24, 2.45) is 0 Å². The van der Waals surface area contributed by atoms with Crippen molar-refractivity contribution in [2.45, 2.75) is 0 Å². The summed E-state index contributed by atoms with van der Waals surface area (Å²) in [5.74, 6) is 0. The quantitative estimate of drug-likeness (QED) is 0.753. The second kappa shape index (κ2) is 3.78. The first kappa shape index (κ1) is 8.55. The van der Waals surface area contributed by atoms with Gasteiger partial charge >= 0.3 is 0 Å². The topological polar surface area (TPSA) is 38.7 Å². The Labute approximate surface area is 89.4 Å². The van der Waals surface area contributed by atoms with Crippen LogP contribution in [0.4, 0.5) is 0 Å². The third-order valence-electron chi connectivity index (χ3n) is 1.58. The third-order valence-corrected chi connectivity index (χ3v) is 2.45. The maximum Gasteiger partial charge on any atom is 0.116 e. The number of rotatable bonds is 1. The standard InChI is InChI=1S/C9H6IN3/c10-7-2-1-4-12-9(7)8-3-5-11-6-13-8/h1-6H. The lowest BCUT2D eigenvalue weighted by atomic mass is 10.3. The van der Waals surface area contributed by atoms with Crippen LogP contribution in [0, 0.1) is 3.57 Å². The van der Waals surface area contributed by atoms with E-state index in [0.717, 1.165) is 15.0 Å². The van der Waals surface area contributed by atoms with Crippen LogP contribution in [0.5, 0.6) is 0 Å². The molecule has 13 heavy (non-hydrogen) atoms. The van der Waals surface area contributed by atoms with E-state index in [1.807, 2.05) is 18.2 Å². The molecule has 0 aliphatic carbocycles. The fraction of sp³-hybridized carbons (Fsp3) is 0. The highest BCUT2D eigenvalue weighted by molar-refractivity contribution is 14.1. The molecule has 4 heteroatoms. The minimum Gasteiger partial charge on any atom is -0.253 e. The van der Waals surface area contributed by atoms with Gasteiger partial charge in [-0.15, -0.1) is 0 Å². The van der Waals surface area contributed by atoms with Crippen LogP contribution in [0.3, 0.4) is 0 Å². The Morgan fingerprint density at radius 2 is 2.00 bits per heavy atom. The van der Waals surface area contributed by atoms with Crippen molar-refractivity contribution in [2.75, 3.05) is 0 Å². The van der Waals surface area contributed by atoms with Gasteiger partial charge in [-0.3, -0.25) is 4.98 Å². The van der Waals surface area contributed by atoms with Gasteiger partial charge in [0, 0.05) is 16.0 Å². The fourth-order valence-electron chi connectivity index (χ4n) is 1.00. The number of hydrogen-bond donors (Lipinski definition) is 0. The van der Waals surface area contributed by atoms with Crippen LogP contribution in [0.15, 0.2) is 36.9 Å². The number of halogens is 1. The highest BCUT2D eigenvalue weighted by Crippen LogP contribution is 2.18. The number of hydrogen-bond acceptors (Lipinski definition) is 3. The van der Waals surface area contributed by atoms with Gasteiger partial charge in [0.15, 0.2) is 0 Å². The highest BCUT2D eigenvalue weighted by atomic mass is 127. The molecule has 3 nitrogen and oxygen atoms in total. The van der Waals surface area contributed by atoms with E-state index in [0.29, 0.717) is 0 Å². The molecule has 0 amide bonds. The maximum absolute atomic E-state index is 4.25. The highest BCUT2D eigenvalue weighted by Gasteiger charge is 2.03. The zero-order valence-electron chi connectivity index (χ0n) is 6.68. The van der Waals surface area contributed by atoms with Crippen molar-refractivity contribution in [1.82, 2.24) is 15.0 Å². The van der Waals surface area contributed by atoms with E-state index in [4.69, 9.17) is 0 Å². The van der Waals surface area contributed by atoms with E-state index in [1.165, 1.54) is 6.33 Å². The molecule has 2 aromatic rings. The van der Waals surface area contributed by atoms with Crippen LogP contribution in [0.1, 0.15) is 0 Å². The van der Waals surface area contributed by atoms with Crippen molar-refractivity contribution in [3.63, 3.8) is 0 Å². The van der Waals surface area contributed by atoms with Crippen molar-refractivity contribution in [1.29, 1.82) is 0 Å². The Morgan fingerprint density at radius 1 is 1.08 bits per heavy atom. The maximum atomic E-state index is 4.25. The lowest BCUT2D eigenvalue weighted by molar-refractivity contribution is 1.15. The predicted octanol–water partition coefficient (Wildman–Crippen LogP) is 2.14. The Morgan fingerprint density at radius 3 is 2.69 bits per heavy atom. The molecule has 0 N–H and O–H groups in total. The van der Waals surface area contributed by atoms with E-state index in [9.17, 15) is 0 Å². The molecule has 0 saturated carbocycles. The summed E-state index contributed by atoms with van der Waals surface area (Å²) >= 11 is 2.24. The first-order valence-electron chi connectivity index (χ1n) is 3.75. The molecule has 2 heterocycles. The van der Waals surface area contributed by atoms with E-state index in [2.05, 4.69) is 37.5 Å². The van der Waals surface area contributed by atoms with Crippen molar-refractivity contribution in [3.8, 4) is 11.4 Å². The molecule has 0 aromatic carbocycles. The summed E-state index contributed by atoms with van der Waals surface area (Å²) in [6, 6.07) is 5.77. The zero-order chi connectivity index (χ0) is 9.10. The van der Waals surface area contributed by atoms with Gasteiger partial charge in [-0.25, -0.2) is 9.97 Å². The van der Waals surface area contributed by atoms with E-state index < -0.39 is 0 Å². The molecular formula is C9H6IN3. The van der Waals surface area contributed by atoms with Gasteiger partial charge in [-0.05, 0) is 40.8 Å².